The van der Waals surface area contributed by atoms with E-state index in [1.165, 1.54) is 12.1 Å². The lowest BCUT2D eigenvalue weighted by Gasteiger charge is -2.39. The van der Waals surface area contributed by atoms with Gasteiger partial charge in [0.15, 0.2) is 0 Å². The van der Waals surface area contributed by atoms with Crippen LogP contribution < -0.4 is 0 Å². The molecule has 1 amide bonds. The second-order valence-corrected chi connectivity index (χ2v) is 9.06. The van der Waals surface area contributed by atoms with Crippen molar-refractivity contribution in [1.82, 2.24) is 9.80 Å². The Morgan fingerprint density at radius 3 is 2.45 bits per heavy atom. The van der Waals surface area contributed by atoms with Gasteiger partial charge in [-0.25, -0.2) is 4.39 Å². The Labute approximate surface area is 183 Å². The van der Waals surface area contributed by atoms with Gasteiger partial charge in [-0.05, 0) is 49.6 Å². The van der Waals surface area contributed by atoms with Gasteiger partial charge in [0.2, 0.25) is 5.91 Å². The summed E-state index contributed by atoms with van der Waals surface area (Å²) in [5.41, 5.74) is 0.494. The Morgan fingerprint density at radius 1 is 1.10 bits per heavy atom. The molecule has 2 saturated heterocycles. The van der Waals surface area contributed by atoms with Crippen LogP contribution in [0.3, 0.4) is 0 Å². The lowest BCUT2D eigenvalue weighted by atomic mass is 9.73. The van der Waals surface area contributed by atoms with E-state index in [0.717, 1.165) is 11.1 Å². The number of halogens is 1. The van der Waals surface area contributed by atoms with Gasteiger partial charge in [0.25, 0.3) is 0 Å². The van der Waals surface area contributed by atoms with Crippen LogP contribution in [-0.2, 0) is 21.5 Å². The maximum absolute atomic E-state index is 13.7. The van der Waals surface area contributed by atoms with Gasteiger partial charge >= 0.3 is 0 Å². The fraction of sp³-hybridized carbons (Fsp3) is 0.480. The zero-order valence-electron chi connectivity index (χ0n) is 18.1. The first kappa shape index (κ1) is 21.9. The minimum atomic E-state index is -0.951. The van der Waals surface area contributed by atoms with Crippen molar-refractivity contribution in [3.8, 4) is 0 Å². The van der Waals surface area contributed by atoms with Gasteiger partial charge in [-0.3, -0.25) is 9.69 Å². The Morgan fingerprint density at radius 2 is 1.77 bits per heavy atom. The number of benzene rings is 2. The third-order valence-corrected chi connectivity index (χ3v) is 6.63. The zero-order chi connectivity index (χ0) is 21.9. The third kappa shape index (κ3) is 4.81. The fourth-order valence-electron chi connectivity index (χ4n) is 5.02. The number of likely N-dealkylation sites (tertiary alicyclic amines) is 1. The average Bonchev–Trinajstić information content (AvgIpc) is 3.17. The molecule has 2 aliphatic rings. The first-order valence-electron chi connectivity index (χ1n) is 11.0. The first-order chi connectivity index (χ1) is 14.9. The summed E-state index contributed by atoms with van der Waals surface area (Å²) in [6.07, 6.45) is 1.87. The summed E-state index contributed by atoms with van der Waals surface area (Å²) in [7, 11) is 1.94. The lowest BCUT2D eigenvalue weighted by molar-refractivity contribution is -0.141. The summed E-state index contributed by atoms with van der Waals surface area (Å²) < 4.78 is 18.7. The highest BCUT2D eigenvalue weighted by atomic mass is 19.1. The highest BCUT2D eigenvalue weighted by molar-refractivity contribution is 5.88. The van der Waals surface area contributed by atoms with E-state index in [9.17, 15) is 14.3 Å². The molecule has 1 atom stereocenters. The normalized spacial score (nSPS) is 23.3. The molecule has 0 aromatic heterocycles. The number of hydrogen-bond acceptors (Lipinski definition) is 4. The van der Waals surface area contributed by atoms with Gasteiger partial charge in [-0.2, -0.15) is 0 Å². The summed E-state index contributed by atoms with van der Waals surface area (Å²) in [6.45, 7) is 3.08. The van der Waals surface area contributed by atoms with E-state index in [-0.39, 0.29) is 11.7 Å². The van der Waals surface area contributed by atoms with Crippen LogP contribution in [0, 0.1) is 5.82 Å². The van der Waals surface area contributed by atoms with Crippen molar-refractivity contribution < 1.29 is 19.0 Å². The zero-order valence-corrected chi connectivity index (χ0v) is 18.1. The number of ether oxygens (including phenoxy) is 1. The van der Waals surface area contributed by atoms with Crippen molar-refractivity contribution in [2.24, 2.45) is 0 Å². The quantitative estimate of drug-likeness (QED) is 0.772. The molecule has 0 saturated carbocycles. The predicted octanol–water partition coefficient (Wildman–Crippen LogP) is 2.97. The van der Waals surface area contributed by atoms with Gasteiger partial charge in [0.1, 0.15) is 5.82 Å². The molecule has 2 aromatic rings. The summed E-state index contributed by atoms with van der Waals surface area (Å²) >= 11 is 0. The van der Waals surface area contributed by atoms with Crippen LogP contribution >= 0.6 is 0 Å². The van der Waals surface area contributed by atoms with Gasteiger partial charge in [0, 0.05) is 32.8 Å². The fourth-order valence-corrected chi connectivity index (χ4v) is 5.02. The van der Waals surface area contributed by atoms with E-state index >= 15 is 0 Å². The maximum atomic E-state index is 13.7. The van der Waals surface area contributed by atoms with Gasteiger partial charge in [-0.1, -0.05) is 42.5 Å². The molecule has 6 heteroatoms. The smallest absolute Gasteiger partial charge is 0.233 e. The second kappa shape index (κ2) is 9.07. The third-order valence-electron chi connectivity index (χ3n) is 6.63. The Kier molecular flexibility index (Phi) is 6.42. The van der Waals surface area contributed by atoms with E-state index < -0.39 is 11.0 Å². The molecule has 4 rings (SSSR count). The summed E-state index contributed by atoms with van der Waals surface area (Å²) in [4.78, 5) is 17.6. The summed E-state index contributed by atoms with van der Waals surface area (Å²) in [5, 5.41) is 11.2. The molecular weight excluding hydrogens is 395 g/mol. The highest BCUT2D eigenvalue weighted by Gasteiger charge is 2.48. The van der Waals surface area contributed by atoms with Gasteiger partial charge in [-0.15, -0.1) is 0 Å². The topological polar surface area (TPSA) is 53.0 Å². The number of carbonyl (C=O) groups is 1. The van der Waals surface area contributed by atoms with Crippen molar-refractivity contribution in [3.63, 3.8) is 0 Å². The SMILES string of the molecule is CN(Cc1ccc(F)cc1)C[C@]1(O)CCN(C(=O)C2(c3ccccc3)CCOCC2)C1. The van der Waals surface area contributed by atoms with E-state index in [1.807, 2.05) is 47.2 Å². The minimum Gasteiger partial charge on any atom is -0.387 e. The van der Waals surface area contributed by atoms with Crippen LogP contribution in [0.25, 0.3) is 0 Å². The number of carbonyl (C=O) groups excluding carboxylic acids is 1. The minimum absolute atomic E-state index is 0.0964. The average molecular weight is 427 g/mol. The number of amides is 1. The van der Waals surface area contributed by atoms with Crippen LogP contribution in [0.1, 0.15) is 30.4 Å². The van der Waals surface area contributed by atoms with Crippen molar-refractivity contribution in [2.45, 2.75) is 36.8 Å². The van der Waals surface area contributed by atoms with E-state index in [1.54, 1.807) is 12.1 Å². The van der Waals surface area contributed by atoms with Gasteiger partial charge < -0.3 is 14.7 Å². The Hall–Kier alpha value is -2.28. The molecule has 2 heterocycles. The Balaban J connectivity index is 1.44. The number of rotatable bonds is 6. The van der Waals surface area contributed by atoms with E-state index in [2.05, 4.69) is 0 Å². The molecule has 2 aromatic carbocycles. The standard InChI is InChI=1S/C25H31FN2O3/c1-27(17-20-7-9-22(26)10-8-20)18-24(30)11-14-28(19-24)23(29)25(12-15-31-16-13-25)21-5-3-2-4-6-21/h2-10,30H,11-19H2,1H3/t24-/m1/s1. The molecule has 166 valence electrons. The summed E-state index contributed by atoms with van der Waals surface area (Å²) in [6, 6.07) is 16.4. The van der Waals surface area contributed by atoms with Crippen molar-refractivity contribution in [1.29, 1.82) is 0 Å². The number of likely N-dealkylation sites (N-methyl/N-ethyl adjacent to an activating group) is 1. The van der Waals surface area contributed by atoms with Crippen molar-refractivity contribution >= 4 is 5.91 Å². The van der Waals surface area contributed by atoms with Crippen LogP contribution in [0.5, 0.6) is 0 Å². The van der Waals surface area contributed by atoms with E-state index in [4.69, 9.17) is 4.74 Å². The molecule has 2 aliphatic heterocycles. The lowest BCUT2D eigenvalue weighted by Crippen LogP contribution is -2.51. The molecule has 1 N–H and O–H groups in total. The monoisotopic (exact) mass is 426 g/mol. The van der Waals surface area contributed by atoms with Crippen molar-refractivity contribution in [3.05, 3.63) is 71.5 Å². The van der Waals surface area contributed by atoms with Crippen molar-refractivity contribution in [2.75, 3.05) is 39.9 Å². The molecular formula is C25H31FN2O3. The highest BCUT2D eigenvalue weighted by Crippen LogP contribution is 2.38. The van der Waals surface area contributed by atoms with Crippen LogP contribution in [-0.4, -0.2) is 66.3 Å². The van der Waals surface area contributed by atoms with E-state index in [0.29, 0.717) is 58.7 Å². The van der Waals surface area contributed by atoms with Gasteiger partial charge in [0.05, 0.1) is 17.6 Å². The number of hydrogen-bond donors (Lipinski definition) is 1. The number of nitrogens with zero attached hydrogens (tertiary/aromatic N) is 2. The molecule has 0 bridgehead atoms. The first-order valence-corrected chi connectivity index (χ1v) is 11.0. The molecule has 0 spiro atoms. The summed E-state index contributed by atoms with van der Waals surface area (Å²) in [5.74, 6) is -0.158. The molecule has 5 nitrogen and oxygen atoms in total. The molecule has 2 fully saturated rings. The second-order valence-electron chi connectivity index (χ2n) is 9.06. The number of aliphatic hydroxyl groups is 1. The molecule has 31 heavy (non-hydrogen) atoms. The Bertz CT molecular complexity index is 883. The van der Waals surface area contributed by atoms with Crippen LogP contribution in [0.2, 0.25) is 0 Å². The predicted molar refractivity (Wildman–Crippen MR) is 117 cm³/mol. The van der Waals surface area contributed by atoms with Crippen LogP contribution in [0.15, 0.2) is 54.6 Å². The molecule has 0 unspecified atom stereocenters. The largest absolute Gasteiger partial charge is 0.387 e. The number of β-amino-alcohol motifs (C(OH)–C–C–N with tert-alkyl or cyclic N) is 1. The molecule has 0 radical (unpaired) electrons. The van der Waals surface area contributed by atoms with Crippen LogP contribution in [0.4, 0.5) is 4.39 Å². The maximum Gasteiger partial charge on any atom is 0.233 e. The molecule has 0 aliphatic carbocycles.